The van der Waals surface area contributed by atoms with Gasteiger partial charge in [-0.15, -0.1) is 0 Å². The maximum absolute atomic E-state index is 13.8. The first-order chi connectivity index (χ1) is 19.9. The van der Waals surface area contributed by atoms with Gasteiger partial charge in [0.05, 0.1) is 31.3 Å². The first-order valence-corrected chi connectivity index (χ1v) is 15.0. The molecule has 0 aliphatic heterocycles. The summed E-state index contributed by atoms with van der Waals surface area (Å²) >= 11 is 8.14. The van der Waals surface area contributed by atoms with Gasteiger partial charge in [-0.05, 0) is 67.0 Å². The van der Waals surface area contributed by atoms with Crippen LogP contribution in [-0.2, 0) is 11.2 Å². The largest absolute Gasteiger partial charge is 0.493 e. The van der Waals surface area contributed by atoms with E-state index in [2.05, 4.69) is 5.32 Å². The number of rotatable bonds is 10. The Morgan fingerprint density at radius 3 is 2.46 bits per heavy atom. The van der Waals surface area contributed by atoms with Crippen LogP contribution in [0.2, 0.25) is 0 Å². The Labute approximate surface area is 250 Å². The number of fused-ring (bicyclic) bond motifs is 1. The van der Waals surface area contributed by atoms with Crippen molar-refractivity contribution in [3.05, 3.63) is 98.2 Å². The number of para-hydroxylation sites is 2. The number of methoxy groups -OCH3 is 2. The number of carbonyl (C=O) groups excluding carboxylic acids is 1. The average Bonchev–Trinajstić information content (AvgIpc) is 3.32. The summed E-state index contributed by atoms with van der Waals surface area (Å²) < 4.78 is 15.1. The standard InChI is InChI=1S/C30H28N4O4S3/c1-19-9-7-8-12-22(19)34-27-26(41-30(34)39)28(36)33(21-10-5-4-6-11-21)29(32-27)40-18-25(35)31-16-15-20-13-14-23(37-2)24(17-20)38-3/h4-14,17H,15-16,18H2,1-3H3,(H,31,35). The van der Waals surface area contributed by atoms with Crippen molar-refractivity contribution < 1.29 is 14.3 Å². The number of benzene rings is 3. The quantitative estimate of drug-likeness (QED) is 0.124. The Hall–Kier alpha value is -3.93. The molecule has 5 aromatic rings. The summed E-state index contributed by atoms with van der Waals surface area (Å²) in [5.74, 6) is 1.23. The van der Waals surface area contributed by atoms with Crippen molar-refractivity contribution in [3.63, 3.8) is 0 Å². The average molecular weight is 605 g/mol. The molecule has 1 amide bonds. The zero-order chi connectivity index (χ0) is 28.9. The van der Waals surface area contributed by atoms with Crippen LogP contribution in [0.3, 0.4) is 0 Å². The molecule has 2 heterocycles. The molecule has 8 nitrogen and oxygen atoms in total. The van der Waals surface area contributed by atoms with Crippen LogP contribution in [0.25, 0.3) is 21.7 Å². The number of hydrogen-bond donors (Lipinski definition) is 1. The summed E-state index contributed by atoms with van der Waals surface area (Å²) in [4.78, 5) is 31.6. The maximum atomic E-state index is 13.8. The van der Waals surface area contributed by atoms with Crippen LogP contribution in [-0.4, -0.2) is 46.5 Å². The fraction of sp³-hybridized carbons (Fsp3) is 0.200. The Morgan fingerprint density at radius 1 is 1.00 bits per heavy atom. The molecule has 0 spiro atoms. The van der Waals surface area contributed by atoms with Crippen LogP contribution >= 0.6 is 35.3 Å². The van der Waals surface area contributed by atoms with E-state index in [1.165, 1.54) is 23.1 Å². The molecule has 0 aliphatic carbocycles. The first kappa shape index (κ1) is 28.6. The van der Waals surface area contributed by atoms with Gasteiger partial charge in [0.2, 0.25) is 5.91 Å². The lowest BCUT2D eigenvalue weighted by Crippen LogP contribution is -2.28. The minimum atomic E-state index is -0.221. The van der Waals surface area contributed by atoms with E-state index in [-0.39, 0.29) is 17.2 Å². The van der Waals surface area contributed by atoms with E-state index in [4.69, 9.17) is 26.7 Å². The molecule has 0 atom stereocenters. The number of aryl methyl sites for hydroxylation is 1. The Bertz CT molecular complexity index is 1830. The molecule has 0 saturated carbocycles. The van der Waals surface area contributed by atoms with Crippen LogP contribution in [0.1, 0.15) is 11.1 Å². The summed E-state index contributed by atoms with van der Waals surface area (Å²) in [6, 6.07) is 22.8. The molecule has 0 fully saturated rings. The first-order valence-electron chi connectivity index (χ1n) is 12.8. The number of thiazole rings is 1. The van der Waals surface area contributed by atoms with Crippen molar-refractivity contribution in [2.75, 3.05) is 26.5 Å². The van der Waals surface area contributed by atoms with Crippen molar-refractivity contribution in [2.45, 2.75) is 18.5 Å². The molecular weight excluding hydrogens is 577 g/mol. The molecule has 0 unspecified atom stereocenters. The smallest absolute Gasteiger partial charge is 0.278 e. The zero-order valence-corrected chi connectivity index (χ0v) is 25.2. The van der Waals surface area contributed by atoms with E-state index < -0.39 is 0 Å². The number of hydrogen-bond acceptors (Lipinski definition) is 8. The van der Waals surface area contributed by atoms with Crippen molar-refractivity contribution >= 4 is 51.6 Å². The van der Waals surface area contributed by atoms with E-state index in [0.717, 1.165) is 16.8 Å². The highest BCUT2D eigenvalue weighted by molar-refractivity contribution is 7.99. The van der Waals surface area contributed by atoms with Gasteiger partial charge in [-0.25, -0.2) is 4.98 Å². The lowest BCUT2D eigenvalue weighted by atomic mass is 10.1. The Morgan fingerprint density at radius 2 is 1.73 bits per heavy atom. The third kappa shape index (κ3) is 6.07. The number of amides is 1. The zero-order valence-electron chi connectivity index (χ0n) is 22.7. The summed E-state index contributed by atoms with van der Waals surface area (Å²) in [5, 5.41) is 3.38. The lowest BCUT2D eigenvalue weighted by Gasteiger charge is -2.13. The summed E-state index contributed by atoms with van der Waals surface area (Å²) in [6.07, 6.45) is 0.628. The van der Waals surface area contributed by atoms with Crippen LogP contribution in [0.5, 0.6) is 11.5 Å². The third-order valence-electron chi connectivity index (χ3n) is 6.46. The number of nitrogens with one attached hydrogen (secondary N) is 1. The molecule has 3 aromatic carbocycles. The van der Waals surface area contributed by atoms with Crippen LogP contribution in [0.15, 0.2) is 82.7 Å². The van der Waals surface area contributed by atoms with Crippen LogP contribution in [0.4, 0.5) is 0 Å². The van der Waals surface area contributed by atoms with Crippen molar-refractivity contribution in [2.24, 2.45) is 0 Å². The van der Waals surface area contributed by atoms with Gasteiger partial charge < -0.3 is 14.8 Å². The topological polar surface area (TPSA) is 87.4 Å². The normalized spacial score (nSPS) is 11.0. The predicted molar refractivity (Wildman–Crippen MR) is 167 cm³/mol. The highest BCUT2D eigenvalue weighted by atomic mass is 32.2. The monoisotopic (exact) mass is 604 g/mol. The van der Waals surface area contributed by atoms with Gasteiger partial charge in [-0.2, -0.15) is 0 Å². The molecule has 11 heteroatoms. The lowest BCUT2D eigenvalue weighted by molar-refractivity contribution is -0.118. The molecule has 1 N–H and O–H groups in total. The number of ether oxygens (including phenoxy) is 2. The molecule has 0 saturated heterocycles. The van der Waals surface area contributed by atoms with Crippen molar-refractivity contribution in [3.8, 4) is 22.9 Å². The van der Waals surface area contributed by atoms with Crippen LogP contribution < -0.4 is 20.3 Å². The molecule has 210 valence electrons. The SMILES string of the molecule is COc1ccc(CCNC(=O)CSc2nc3c(sc(=S)n3-c3ccccc3C)c(=O)n2-c2ccccc2)cc1OC. The molecule has 0 aliphatic rings. The van der Waals surface area contributed by atoms with Gasteiger partial charge in [0, 0.05) is 6.54 Å². The molecule has 5 rings (SSSR count). The summed E-state index contributed by atoms with van der Waals surface area (Å²) in [7, 11) is 3.19. The van der Waals surface area contributed by atoms with Gasteiger partial charge in [-0.3, -0.25) is 18.7 Å². The minimum Gasteiger partial charge on any atom is -0.493 e. The van der Waals surface area contributed by atoms with Gasteiger partial charge in [0.1, 0.15) is 4.70 Å². The van der Waals surface area contributed by atoms with E-state index in [1.807, 2.05) is 84.3 Å². The van der Waals surface area contributed by atoms with Gasteiger partial charge in [0.15, 0.2) is 26.3 Å². The summed E-state index contributed by atoms with van der Waals surface area (Å²) in [6.45, 7) is 2.44. The maximum Gasteiger partial charge on any atom is 0.278 e. The molecule has 0 bridgehead atoms. The fourth-order valence-corrected chi connectivity index (χ4v) is 6.55. The molecular formula is C30H28N4O4S3. The second kappa shape index (κ2) is 12.7. The van der Waals surface area contributed by atoms with Gasteiger partial charge in [-0.1, -0.05) is 65.6 Å². The second-order valence-corrected chi connectivity index (χ2v) is 11.7. The van der Waals surface area contributed by atoms with Gasteiger partial charge >= 0.3 is 0 Å². The minimum absolute atomic E-state index is 0.0892. The third-order valence-corrected chi connectivity index (χ3v) is 8.75. The number of thioether (sulfide) groups is 1. The van der Waals surface area contributed by atoms with Gasteiger partial charge in [0.25, 0.3) is 5.56 Å². The van der Waals surface area contributed by atoms with E-state index in [1.54, 1.807) is 18.8 Å². The Balaban J connectivity index is 1.41. The van der Waals surface area contributed by atoms with Crippen molar-refractivity contribution in [1.82, 2.24) is 19.4 Å². The highest BCUT2D eigenvalue weighted by Crippen LogP contribution is 2.29. The van der Waals surface area contributed by atoms with E-state index >= 15 is 0 Å². The molecule has 0 radical (unpaired) electrons. The van der Waals surface area contributed by atoms with E-state index in [9.17, 15) is 9.59 Å². The molecule has 41 heavy (non-hydrogen) atoms. The number of carbonyl (C=O) groups is 1. The summed E-state index contributed by atoms with van der Waals surface area (Å²) in [5.41, 5.74) is 3.84. The highest BCUT2D eigenvalue weighted by Gasteiger charge is 2.20. The predicted octanol–water partition coefficient (Wildman–Crippen LogP) is 5.74. The van der Waals surface area contributed by atoms with Crippen LogP contribution in [0, 0.1) is 10.9 Å². The number of aromatic nitrogens is 3. The van der Waals surface area contributed by atoms with E-state index in [0.29, 0.717) is 49.6 Å². The second-order valence-electron chi connectivity index (χ2n) is 9.09. The fourth-order valence-electron chi connectivity index (χ4n) is 4.43. The van der Waals surface area contributed by atoms with Crippen molar-refractivity contribution in [1.29, 1.82) is 0 Å². The Kier molecular flexibility index (Phi) is 8.87. The number of nitrogens with zero attached hydrogens (tertiary/aromatic N) is 3. The molecule has 2 aromatic heterocycles.